The molecule has 0 atom stereocenters. The first-order valence-corrected chi connectivity index (χ1v) is 10.8. The summed E-state index contributed by atoms with van der Waals surface area (Å²) < 4.78 is 1.82. The Hall–Kier alpha value is -2.63. The summed E-state index contributed by atoms with van der Waals surface area (Å²) in [5, 5.41) is 10.5. The van der Waals surface area contributed by atoms with E-state index in [4.69, 9.17) is 0 Å². The van der Waals surface area contributed by atoms with E-state index in [1.165, 1.54) is 0 Å². The monoisotopic (exact) mass is 396 g/mol. The van der Waals surface area contributed by atoms with Crippen molar-refractivity contribution >= 4 is 11.8 Å². The van der Waals surface area contributed by atoms with Crippen molar-refractivity contribution in [3.05, 3.63) is 48.3 Å². The van der Waals surface area contributed by atoms with E-state index in [1.807, 2.05) is 41.2 Å². The lowest BCUT2D eigenvalue weighted by Crippen LogP contribution is -2.59. The van der Waals surface area contributed by atoms with Gasteiger partial charge in [-0.15, -0.1) is 0 Å². The van der Waals surface area contributed by atoms with E-state index < -0.39 is 5.54 Å². The number of nitrogens with one attached hydrogen (secondary N) is 2. The number of unbranched alkanes of at least 4 members (excludes halogenated alkanes) is 1. The normalized spacial score (nSPS) is 15.6. The highest BCUT2D eigenvalue weighted by Gasteiger charge is 2.40. The van der Waals surface area contributed by atoms with Gasteiger partial charge in [0.25, 0.3) is 0 Å². The Morgan fingerprint density at radius 3 is 2.62 bits per heavy atom. The number of carbonyl (C=O) groups excluding carboxylic acids is 2. The molecule has 6 heteroatoms. The molecule has 2 amide bonds. The second-order valence-corrected chi connectivity index (χ2v) is 7.93. The van der Waals surface area contributed by atoms with Crippen LogP contribution in [-0.2, 0) is 16.0 Å². The van der Waals surface area contributed by atoms with Crippen LogP contribution >= 0.6 is 0 Å². The number of carbonyl (C=O) groups is 2. The van der Waals surface area contributed by atoms with E-state index >= 15 is 0 Å². The van der Waals surface area contributed by atoms with Gasteiger partial charge in [0.15, 0.2) is 0 Å². The Balaban J connectivity index is 1.56. The van der Waals surface area contributed by atoms with Gasteiger partial charge in [0.1, 0.15) is 5.54 Å². The molecule has 0 radical (unpaired) electrons. The SMILES string of the molecule is CCCCNC(=O)C1(NC(=O)CCc2cnn(-c3ccccc3)c2)CCCCC1. The number of benzene rings is 1. The van der Waals surface area contributed by atoms with Crippen LogP contribution in [-0.4, -0.2) is 33.7 Å². The minimum absolute atomic E-state index is 0.0177. The number of para-hydroxylation sites is 1. The molecule has 0 saturated heterocycles. The molecule has 1 aromatic heterocycles. The van der Waals surface area contributed by atoms with Crippen LogP contribution < -0.4 is 10.6 Å². The first kappa shape index (κ1) is 21.1. The van der Waals surface area contributed by atoms with Crippen molar-refractivity contribution in [2.75, 3.05) is 6.54 Å². The molecule has 0 unspecified atom stereocenters. The van der Waals surface area contributed by atoms with Gasteiger partial charge in [0.2, 0.25) is 11.8 Å². The van der Waals surface area contributed by atoms with Gasteiger partial charge >= 0.3 is 0 Å². The average Bonchev–Trinajstić information content (AvgIpc) is 3.23. The van der Waals surface area contributed by atoms with Crippen molar-refractivity contribution in [3.63, 3.8) is 0 Å². The fourth-order valence-electron chi connectivity index (χ4n) is 3.91. The third kappa shape index (κ3) is 5.68. The molecule has 1 aliphatic rings. The molecular formula is C23H32N4O2. The quantitative estimate of drug-likeness (QED) is 0.637. The number of rotatable bonds is 9. The van der Waals surface area contributed by atoms with E-state index in [-0.39, 0.29) is 11.8 Å². The lowest BCUT2D eigenvalue weighted by atomic mass is 9.80. The van der Waals surface area contributed by atoms with Crippen LogP contribution in [0.5, 0.6) is 0 Å². The van der Waals surface area contributed by atoms with Crippen LogP contribution in [0.4, 0.5) is 0 Å². The van der Waals surface area contributed by atoms with Crippen LogP contribution in [0.3, 0.4) is 0 Å². The number of aryl methyl sites for hydroxylation is 1. The Kier molecular flexibility index (Phi) is 7.44. The predicted molar refractivity (Wildman–Crippen MR) is 114 cm³/mol. The molecule has 2 N–H and O–H groups in total. The summed E-state index contributed by atoms with van der Waals surface area (Å²) in [5.74, 6) is -0.0825. The molecular weight excluding hydrogens is 364 g/mol. The van der Waals surface area contributed by atoms with Crippen molar-refractivity contribution in [2.24, 2.45) is 0 Å². The van der Waals surface area contributed by atoms with Crippen molar-refractivity contribution in [2.45, 2.75) is 70.3 Å². The van der Waals surface area contributed by atoms with Crippen LogP contribution in [0.2, 0.25) is 0 Å². The van der Waals surface area contributed by atoms with Gasteiger partial charge in [-0.1, -0.05) is 50.8 Å². The average molecular weight is 397 g/mol. The summed E-state index contributed by atoms with van der Waals surface area (Å²) in [7, 11) is 0. The molecule has 1 aliphatic carbocycles. The number of amides is 2. The van der Waals surface area contributed by atoms with Gasteiger partial charge in [-0.3, -0.25) is 9.59 Å². The van der Waals surface area contributed by atoms with Crippen LogP contribution in [0.1, 0.15) is 63.9 Å². The van der Waals surface area contributed by atoms with Gasteiger partial charge in [-0.25, -0.2) is 4.68 Å². The Morgan fingerprint density at radius 1 is 1.14 bits per heavy atom. The van der Waals surface area contributed by atoms with E-state index in [0.717, 1.165) is 56.2 Å². The first-order valence-electron chi connectivity index (χ1n) is 10.8. The van der Waals surface area contributed by atoms with Gasteiger partial charge in [-0.2, -0.15) is 5.10 Å². The zero-order valence-corrected chi connectivity index (χ0v) is 17.3. The largest absolute Gasteiger partial charge is 0.354 e. The maximum Gasteiger partial charge on any atom is 0.245 e. The molecule has 3 rings (SSSR count). The molecule has 29 heavy (non-hydrogen) atoms. The third-order valence-corrected chi connectivity index (χ3v) is 5.63. The standard InChI is InChI=1S/C23H32N4O2/c1-2-3-16-24-22(29)23(14-8-5-9-15-23)26-21(28)13-12-19-17-25-27(18-19)20-10-6-4-7-11-20/h4,6-7,10-11,17-18H,2-3,5,8-9,12-16H2,1H3,(H,24,29)(H,26,28). The molecule has 0 bridgehead atoms. The van der Waals surface area contributed by atoms with Gasteiger partial charge in [-0.05, 0) is 43.4 Å². The Morgan fingerprint density at radius 2 is 1.90 bits per heavy atom. The second kappa shape index (κ2) is 10.2. The van der Waals surface area contributed by atoms with Gasteiger partial charge in [0, 0.05) is 19.2 Å². The summed E-state index contributed by atoms with van der Waals surface area (Å²) in [5.41, 5.74) is 1.26. The number of aromatic nitrogens is 2. The summed E-state index contributed by atoms with van der Waals surface area (Å²) in [6.45, 7) is 2.77. The lowest BCUT2D eigenvalue weighted by Gasteiger charge is -2.36. The second-order valence-electron chi connectivity index (χ2n) is 7.93. The topological polar surface area (TPSA) is 76.0 Å². The predicted octanol–water partition coefficient (Wildman–Crippen LogP) is 3.54. The van der Waals surface area contributed by atoms with Crippen molar-refractivity contribution < 1.29 is 9.59 Å². The van der Waals surface area contributed by atoms with E-state index in [0.29, 0.717) is 19.4 Å². The van der Waals surface area contributed by atoms with E-state index in [2.05, 4.69) is 22.7 Å². The molecule has 2 aromatic rings. The summed E-state index contributed by atoms with van der Waals surface area (Å²) in [4.78, 5) is 25.5. The minimum Gasteiger partial charge on any atom is -0.354 e. The number of nitrogens with zero attached hydrogens (tertiary/aromatic N) is 2. The number of hydrogen-bond donors (Lipinski definition) is 2. The summed E-state index contributed by atoms with van der Waals surface area (Å²) in [6, 6.07) is 9.90. The molecule has 1 aromatic carbocycles. The highest BCUT2D eigenvalue weighted by atomic mass is 16.2. The molecule has 0 spiro atoms. The Labute approximate surface area is 173 Å². The fraction of sp³-hybridized carbons (Fsp3) is 0.522. The lowest BCUT2D eigenvalue weighted by molar-refractivity contribution is -0.135. The fourth-order valence-corrected chi connectivity index (χ4v) is 3.91. The zero-order valence-electron chi connectivity index (χ0n) is 17.3. The van der Waals surface area contributed by atoms with Crippen molar-refractivity contribution in [1.29, 1.82) is 0 Å². The number of hydrogen-bond acceptors (Lipinski definition) is 3. The zero-order chi connectivity index (χ0) is 20.5. The maximum absolute atomic E-state index is 12.8. The van der Waals surface area contributed by atoms with E-state index in [1.54, 1.807) is 6.20 Å². The third-order valence-electron chi connectivity index (χ3n) is 5.63. The molecule has 1 heterocycles. The first-order chi connectivity index (χ1) is 14.1. The highest BCUT2D eigenvalue weighted by Crippen LogP contribution is 2.28. The summed E-state index contributed by atoms with van der Waals surface area (Å²) in [6.07, 6.45) is 11.2. The van der Waals surface area contributed by atoms with Crippen LogP contribution in [0.15, 0.2) is 42.7 Å². The minimum atomic E-state index is -0.739. The molecule has 0 aliphatic heterocycles. The smallest absolute Gasteiger partial charge is 0.245 e. The van der Waals surface area contributed by atoms with E-state index in [9.17, 15) is 9.59 Å². The molecule has 156 valence electrons. The van der Waals surface area contributed by atoms with Crippen LogP contribution in [0, 0.1) is 0 Å². The highest BCUT2D eigenvalue weighted by molar-refractivity contribution is 5.91. The summed E-state index contributed by atoms with van der Waals surface area (Å²) >= 11 is 0. The molecule has 6 nitrogen and oxygen atoms in total. The Bertz CT molecular complexity index is 794. The van der Waals surface area contributed by atoms with Gasteiger partial charge in [0.05, 0.1) is 11.9 Å². The van der Waals surface area contributed by atoms with Crippen LogP contribution in [0.25, 0.3) is 5.69 Å². The molecule has 1 fully saturated rings. The molecule has 1 saturated carbocycles. The maximum atomic E-state index is 12.8. The van der Waals surface area contributed by atoms with Crippen molar-refractivity contribution in [3.8, 4) is 5.69 Å². The van der Waals surface area contributed by atoms with Crippen molar-refractivity contribution in [1.82, 2.24) is 20.4 Å². The van der Waals surface area contributed by atoms with Gasteiger partial charge < -0.3 is 10.6 Å².